The van der Waals surface area contributed by atoms with Crippen molar-refractivity contribution in [1.82, 2.24) is 4.57 Å². The summed E-state index contributed by atoms with van der Waals surface area (Å²) in [6.07, 6.45) is 0. The fraction of sp³-hybridized carbons (Fsp3) is 0.103. The Morgan fingerprint density at radius 3 is 2.03 bits per heavy atom. The second-order valence-electron chi connectivity index (χ2n) is 8.05. The minimum absolute atomic E-state index is 0.00707. The number of carbonyl (C=O) groups excluding carboxylic acids is 2. The molecule has 0 atom stereocenters. The number of rotatable bonds is 5. The maximum atomic E-state index is 13.2. The normalized spacial score (nSPS) is 11.2. The zero-order valence-electron chi connectivity index (χ0n) is 18.5. The van der Waals surface area contributed by atoms with E-state index in [9.17, 15) is 9.59 Å². The van der Waals surface area contributed by atoms with Crippen LogP contribution in [0.15, 0.2) is 95.9 Å². The van der Waals surface area contributed by atoms with Crippen LogP contribution in [0.3, 0.4) is 0 Å². The SMILES string of the molecule is CCn1c2ccc(C(=O)Sc3ccccc3)cc2c2cc(C(=O)c3ccccc3C)ccc21. The molecular weight excluding hydrogens is 426 g/mol. The van der Waals surface area contributed by atoms with Gasteiger partial charge in [0, 0.05) is 49.9 Å². The number of hydrogen-bond acceptors (Lipinski definition) is 3. The van der Waals surface area contributed by atoms with Crippen molar-refractivity contribution in [2.45, 2.75) is 25.3 Å². The van der Waals surface area contributed by atoms with Crippen LogP contribution in [0.2, 0.25) is 0 Å². The Bertz CT molecular complexity index is 1520. The number of benzene rings is 4. The number of fused-ring (bicyclic) bond motifs is 3. The highest BCUT2D eigenvalue weighted by Gasteiger charge is 2.17. The highest BCUT2D eigenvalue weighted by Crippen LogP contribution is 2.33. The standard InChI is InChI=1S/C29H23NO2S/c1-3-30-26-15-13-20(28(31)23-12-8-7-9-19(23)2)17-24(26)25-18-21(14-16-27(25)30)29(32)33-22-10-5-4-6-11-22/h4-18H,3H2,1-2H3. The van der Waals surface area contributed by atoms with Gasteiger partial charge < -0.3 is 4.57 Å². The lowest BCUT2D eigenvalue weighted by molar-refractivity contribution is 0.103. The van der Waals surface area contributed by atoms with E-state index in [4.69, 9.17) is 0 Å². The van der Waals surface area contributed by atoms with Gasteiger partial charge in [0.2, 0.25) is 5.12 Å². The van der Waals surface area contributed by atoms with Gasteiger partial charge in [-0.2, -0.15) is 0 Å². The number of thioether (sulfide) groups is 1. The van der Waals surface area contributed by atoms with Crippen LogP contribution in [-0.2, 0) is 6.54 Å². The van der Waals surface area contributed by atoms with Crippen molar-refractivity contribution in [1.29, 1.82) is 0 Å². The quantitative estimate of drug-likeness (QED) is 0.209. The van der Waals surface area contributed by atoms with Gasteiger partial charge in [0.15, 0.2) is 5.78 Å². The van der Waals surface area contributed by atoms with Crippen molar-refractivity contribution in [3.8, 4) is 0 Å². The Kier molecular flexibility index (Phi) is 5.61. The summed E-state index contributed by atoms with van der Waals surface area (Å²) in [6.45, 7) is 4.86. The number of ketones is 1. The number of hydrogen-bond donors (Lipinski definition) is 0. The first-order chi connectivity index (χ1) is 16.1. The fourth-order valence-electron chi connectivity index (χ4n) is 4.35. The van der Waals surface area contributed by atoms with Crippen molar-refractivity contribution in [3.63, 3.8) is 0 Å². The minimum atomic E-state index is 0.00707. The molecule has 0 N–H and O–H groups in total. The van der Waals surface area contributed by atoms with Gasteiger partial charge in [-0.1, -0.05) is 42.5 Å². The summed E-state index contributed by atoms with van der Waals surface area (Å²) in [4.78, 5) is 27.1. The highest BCUT2D eigenvalue weighted by atomic mass is 32.2. The molecule has 1 heterocycles. The molecule has 4 aromatic carbocycles. The molecule has 0 saturated heterocycles. The molecule has 0 aliphatic carbocycles. The lowest BCUT2D eigenvalue weighted by atomic mass is 9.98. The molecule has 0 unspecified atom stereocenters. The first kappa shape index (κ1) is 21.2. The molecule has 162 valence electrons. The monoisotopic (exact) mass is 449 g/mol. The van der Waals surface area contributed by atoms with Gasteiger partial charge in [-0.05, 0) is 79.7 Å². The molecule has 0 spiro atoms. The summed E-state index contributed by atoms with van der Waals surface area (Å²) in [5, 5.41) is 1.99. The van der Waals surface area contributed by atoms with E-state index < -0.39 is 0 Å². The first-order valence-electron chi connectivity index (χ1n) is 11.0. The van der Waals surface area contributed by atoms with E-state index in [1.54, 1.807) is 0 Å². The highest BCUT2D eigenvalue weighted by molar-refractivity contribution is 8.14. The Balaban J connectivity index is 1.61. The van der Waals surface area contributed by atoms with Crippen LogP contribution in [0.5, 0.6) is 0 Å². The molecule has 1 aromatic heterocycles. The van der Waals surface area contributed by atoms with Crippen LogP contribution < -0.4 is 0 Å². The van der Waals surface area contributed by atoms with Crippen molar-refractivity contribution < 1.29 is 9.59 Å². The van der Waals surface area contributed by atoms with Gasteiger partial charge >= 0.3 is 0 Å². The Morgan fingerprint density at radius 1 is 0.758 bits per heavy atom. The molecule has 3 nitrogen and oxygen atoms in total. The third-order valence-electron chi connectivity index (χ3n) is 6.02. The summed E-state index contributed by atoms with van der Waals surface area (Å²) >= 11 is 1.23. The maximum Gasteiger partial charge on any atom is 0.224 e. The van der Waals surface area contributed by atoms with Crippen LogP contribution in [0.1, 0.15) is 38.8 Å². The molecule has 0 bridgehead atoms. The van der Waals surface area contributed by atoms with Crippen LogP contribution in [0.25, 0.3) is 21.8 Å². The van der Waals surface area contributed by atoms with Gasteiger partial charge in [-0.15, -0.1) is 0 Å². The second-order valence-corrected chi connectivity index (χ2v) is 9.10. The number of carbonyl (C=O) groups is 2. The zero-order chi connectivity index (χ0) is 22.9. The molecule has 33 heavy (non-hydrogen) atoms. The van der Waals surface area contributed by atoms with E-state index in [1.165, 1.54) is 11.8 Å². The molecule has 0 aliphatic heterocycles. The van der Waals surface area contributed by atoms with Gasteiger partial charge in [0.1, 0.15) is 0 Å². The van der Waals surface area contributed by atoms with Gasteiger partial charge in [0.25, 0.3) is 0 Å². The summed E-state index contributed by atoms with van der Waals surface area (Å²) in [7, 11) is 0. The summed E-state index contributed by atoms with van der Waals surface area (Å²) in [5.41, 5.74) is 5.11. The molecule has 0 aliphatic rings. The first-order valence-corrected chi connectivity index (χ1v) is 11.8. The lowest BCUT2D eigenvalue weighted by Crippen LogP contribution is -2.03. The average molecular weight is 450 g/mol. The largest absolute Gasteiger partial charge is 0.341 e. The molecule has 0 saturated carbocycles. The minimum Gasteiger partial charge on any atom is -0.341 e. The summed E-state index contributed by atoms with van der Waals surface area (Å²) < 4.78 is 2.23. The van der Waals surface area contributed by atoms with Crippen molar-refractivity contribution in [2.75, 3.05) is 0 Å². The summed E-state index contributed by atoms with van der Waals surface area (Å²) in [6, 6.07) is 29.1. The Labute approximate surface area is 197 Å². The topological polar surface area (TPSA) is 39.1 Å². The second kappa shape index (κ2) is 8.72. The van der Waals surface area contributed by atoms with Crippen molar-refractivity contribution in [3.05, 3.63) is 113 Å². The van der Waals surface area contributed by atoms with E-state index in [-0.39, 0.29) is 10.9 Å². The van der Waals surface area contributed by atoms with E-state index in [0.29, 0.717) is 16.7 Å². The lowest BCUT2D eigenvalue weighted by Gasteiger charge is -2.06. The molecule has 0 radical (unpaired) electrons. The van der Waals surface area contributed by atoms with E-state index in [0.717, 1.165) is 38.8 Å². The van der Waals surface area contributed by atoms with Gasteiger partial charge in [-0.3, -0.25) is 9.59 Å². The molecule has 5 rings (SSSR count). The number of aryl methyl sites for hydroxylation is 2. The van der Waals surface area contributed by atoms with E-state index in [2.05, 4.69) is 11.5 Å². The third-order valence-corrected chi connectivity index (χ3v) is 6.95. The van der Waals surface area contributed by atoms with E-state index >= 15 is 0 Å². The van der Waals surface area contributed by atoms with Crippen LogP contribution in [0, 0.1) is 6.92 Å². The van der Waals surface area contributed by atoms with Crippen LogP contribution in [0.4, 0.5) is 0 Å². The van der Waals surface area contributed by atoms with Crippen molar-refractivity contribution >= 4 is 44.5 Å². The summed E-state index contributed by atoms with van der Waals surface area (Å²) in [5.74, 6) is 0.0132. The van der Waals surface area contributed by atoms with Crippen molar-refractivity contribution in [2.24, 2.45) is 0 Å². The fourth-order valence-corrected chi connectivity index (χ4v) is 5.10. The number of aromatic nitrogens is 1. The Hall–Kier alpha value is -3.63. The third kappa shape index (κ3) is 3.87. The molecule has 0 amide bonds. The van der Waals surface area contributed by atoms with E-state index in [1.807, 2.05) is 97.9 Å². The Morgan fingerprint density at radius 2 is 1.36 bits per heavy atom. The smallest absolute Gasteiger partial charge is 0.224 e. The predicted molar refractivity (Wildman–Crippen MR) is 136 cm³/mol. The number of nitrogens with zero attached hydrogens (tertiary/aromatic N) is 1. The zero-order valence-corrected chi connectivity index (χ0v) is 19.4. The average Bonchev–Trinajstić information content (AvgIpc) is 3.16. The molecule has 4 heteroatoms. The maximum absolute atomic E-state index is 13.2. The van der Waals surface area contributed by atoms with Crippen LogP contribution >= 0.6 is 11.8 Å². The van der Waals surface area contributed by atoms with Crippen LogP contribution in [-0.4, -0.2) is 15.5 Å². The molecule has 5 aromatic rings. The predicted octanol–water partition coefficient (Wildman–Crippen LogP) is 7.29. The van der Waals surface area contributed by atoms with Gasteiger partial charge in [-0.25, -0.2) is 0 Å². The van der Waals surface area contributed by atoms with Gasteiger partial charge in [0.05, 0.1) is 0 Å². The molecular formula is C29H23NO2S. The molecule has 0 fully saturated rings.